The highest BCUT2D eigenvalue weighted by atomic mass is 16.2. The molecule has 0 saturated carbocycles. The van der Waals surface area contributed by atoms with Crippen molar-refractivity contribution in [3.05, 3.63) is 47.5 Å². The van der Waals surface area contributed by atoms with E-state index in [1.807, 2.05) is 18.2 Å². The maximum atomic E-state index is 11.9. The Bertz CT molecular complexity index is 506. The summed E-state index contributed by atoms with van der Waals surface area (Å²) < 4.78 is 0. The summed E-state index contributed by atoms with van der Waals surface area (Å²) in [5.41, 5.74) is 6.71. The molecule has 4 heteroatoms. The third-order valence-corrected chi connectivity index (χ3v) is 3.56. The zero-order valence-corrected chi connectivity index (χ0v) is 11.7. The quantitative estimate of drug-likeness (QED) is 0.655. The number of hydrogen-bond donors (Lipinski definition) is 2. The summed E-state index contributed by atoms with van der Waals surface area (Å²) in [4.78, 5) is 23.8. The smallest absolute Gasteiger partial charge is 0.269 e. The van der Waals surface area contributed by atoms with Gasteiger partial charge in [0.15, 0.2) is 0 Å². The topological polar surface area (TPSA) is 58.2 Å². The highest BCUT2D eigenvalue weighted by Crippen LogP contribution is 2.17. The van der Waals surface area contributed by atoms with E-state index in [4.69, 9.17) is 0 Å². The van der Waals surface area contributed by atoms with Crippen LogP contribution < -0.4 is 10.9 Å². The molecule has 1 unspecified atom stereocenters. The number of carbonyl (C=O) groups excluding carboxylic acids is 2. The van der Waals surface area contributed by atoms with E-state index in [9.17, 15) is 9.59 Å². The van der Waals surface area contributed by atoms with Crippen LogP contribution in [0.3, 0.4) is 0 Å². The molecular formula is C16H20N2O2. The molecule has 0 fully saturated rings. The lowest BCUT2D eigenvalue weighted by molar-refractivity contribution is -0.126. The van der Waals surface area contributed by atoms with Crippen LogP contribution in [0.4, 0.5) is 0 Å². The molecule has 1 aromatic rings. The van der Waals surface area contributed by atoms with Crippen molar-refractivity contribution < 1.29 is 9.59 Å². The van der Waals surface area contributed by atoms with Crippen molar-refractivity contribution >= 4 is 11.8 Å². The van der Waals surface area contributed by atoms with Gasteiger partial charge in [0.05, 0.1) is 0 Å². The minimum Gasteiger partial charge on any atom is -0.273 e. The Labute approximate surface area is 119 Å². The van der Waals surface area contributed by atoms with Gasteiger partial charge in [0.25, 0.3) is 5.91 Å². The first-order valence-corrected chi connectivity index (χ1v) is 7.05. The van der Waals surface area contributed by atoms with E-state index in [2.05, 4.69) is 23.9 Å². The molecule has 0 heterocycles. The van der Waals surface area contributed by atoms with E-state index >= 15 is 0 Å². The summed E-state index contributed by atoms with van der Waals surface area (Å²) >= 11 is 0. The van der Waals surface area contributed by atoms with Crippen molar-refractivity contribution in [2.24, 2.45) is 5.92 Å². The fraction of sp³-hybridized carbons (Fsp3) is 0.375. The first-order chi connectivity index (χ1) is 9.70. The number of hydrogen-bond acceptors (Lipinski definition) is 2. The van der Waals surface area contributed by atoms with Crippen molar-refractivity contribution in [1.29, 1.82) is 0 Å². The molecule has 2 amide bonds. The third kappa shape index (κ3) is 3.70. The Hall–Kier alpha value is -2.10. The first kappa shape index (κ1) is 14.3. The van der Waals surface area contributed by atoms with Crippen LogP contribution in [-0.4, -0.2) is 11.8 Å². The number of carbonyl (C=O) groups is 2. The fourth-order valence-corrected chi connectivity index (χ4v) is 2.22. The average Bonchev–Trinajstić information content (AvgIpc) is 2.53. The second-order valence-corrected chi connectivity index (χ2v) is 4.98. The van der Waals surface area contributed by atoms with Gasteiger partial charge in [-0.25, -0.2) is 0 Å². The number of benzene rings is 1. The van der Waals surface area contributed by atoms with Crippen LogP contribution in [0.1, 0.15) is 42.1 Å². The Morgan fingerprint density at radius 3 is 2.50 bits per heavy atom. The number of allylic oxidation sites excluding steroid dienone is 2. The standard InChI is InChI=1S/C16H20N2O2/c1-2-12-8-10-14(11-9-12)16(20)18-17-15(19)13-6-4-3-5-7-13/h3-4,8-11,13H,2,5-7H2,1H3,(H,17,19)(H,18,20). The molecule has 4 nitrogen and oxygen atoms in total. The summed E-state index contributed by atoms with van der Waals surface area (Å²) in [5.74, 6) is -0.442. The number of amides is 2. The maximum Gasteiger partial charge on any atom is 0.269 e. The van der Waals surface area contributed by atoms with Gasteiger partial charge < -0.3 is 0 Å². The minimum absolute atomic E-state index is 0.0391. The molecular weight excluding hydrogens is 252 g/mol. The lowest BCUT2D eigenvalue weighted by Gasteiger charge is -2.17. The van der Waals surface area contributed by atoms with Gasteiger partial charge >= 0.3 is 0 Å². The van der Waals surface area contributed by atoms with E-state index in [-0.39, 0.29) is 17.7 Å². The van der Waals surface area contributed by atoms with Crippen LogP contribution in [0, 0.1) is 5.92 Å². The van der Waals surface area contributed by atoms with Crippen LogP contribution >= 0.6 is 0 Å². The highest BCUT2D eigenvalue weighted by molar-refractivity contribution is 5.95. The van der Waals surface area contributed by atoms with Gasteiger partial charge in [0.1, 0.15) is 0 Å². The minimum atomic E-state index is -0.285. The molecule has 0 spiro atoms. The molecule has 0 bridgehead atoms. The zero-order chi connectivity index (χ0) is 14.4. The van der Waals surface area contributed by atoms with Gasteiger partial charge in [-0.1, -0.05) is 31.2 Å². The molecule has 2 rings (SSSR count). The van der Waals surface area contributed by atoms with Crippen molar-refractivity contribution in [2.45, 2.75) is 32.6 Å². The molecule has 0 aliphatic heterocycles. The molecule has 106 valence electrons. The van der Waals surface area contributed by atoms with Crippen LogP contribution in [0.15, 0.2) is 36.4 Å². The predicted octanol–water partition coefficient (Wildman–Crippen LogP) is 2.37. The molecule has 1 aliphatic carbocycles. The fourth-order valence-electron chi connectivity index (χ4n) is 2.22. The van der Waals surface area contributed by atoms with Crippen LogP contribution in [0.5, 0.6) is 0 Å². The second kappa shape index (κ2) is 6.89. The largest absolute Gasteiger partial charge is 0.273 e. The highest BCUT2D eigenvalue weighted by Gasteiger charge is 2.19. The Morgan fingerprint density at radius 2 is 1.90 bits per heavy atom. The predicted molar refractivity (Wildman–Crippen MR) is 77.9 cm³/mol. The summed E-state index contributed by atoms with van der Waals surface area (Å²) in [6, 6.07) is 7.37. The number of nitrogens with one attached hydrogen (secondary N) is 2. The zero-order valence-electron chi connectivity index (χ0n) is 11.7. The van der Waals surface area contributed by atoms with E-state index in [1.54, 1.807) is 12.1 Å². The van der Waals surface area contributed by atoms with Gasteiger partial charge in [-0.15, -0.1) is 0 Å². The molecule has 0 aromatic heterocycles. The summed E-state index contributed by atoms with van der Waals surface area (Å²) in [6.07, 6.45) is 7.53. The van der Waals surface area contributed by atoms with E-state index in [1.165, 1.54) is 5.56 Å². The molecule has 20 heavy (non-hydrogen) atoms. The van der Waals surface area contributed by atoms with Crippen LogP contribution in [0.25, 0.3) is 0 Å². The summed E-state index contributed by atoms with van der Waals surface area (Å²) in [7, 11) is 0. The Morgan fingerprint density at radius 1 is 1.15 bits per heavy atom. The normalized spacial score (nSPS) is 17.6. The number of aryl methyl sites for hydroxylation is 1. The van der Waals surface area contributed by atoms with E-state index in [0.717, 1.165) is 25.7 Å². The second-order valence-electron chi connectivity index (χ2n) is 4.98. The Balaban J connectivity index is 1.84. The first-order valence-electron chi connectivity index (χ1n) is 7.05. The SMILES string of the molecule is CCc1ccc(C(=O)NNC(=O)C2CC=CCC2)cc1. The maximum absolute atomic E-state index is 11.9. The van der Waals surface area contributed by atoms with Gasteiger partial charge in [-0.05, 0) is 43.4 Å². The van der Waals surface area contributed by atoms with Crippen molar-refractivity contribution in [3.8, 4) is 0 Å². The Kier molecular flexibility index (Phi) is 4.93. The molecule has 0 radical (unpaired) electrons. The number of hydrazine groups is 1. The van der Waals surface area contributed by atoms with Gasteiger partial charge in [-0.2, -0.15) is 0 Å². The molecule has 1 atom stereocenters. The van der Waals surface area contributed by atoms with Gasteiger partial charge in [-0.3, -0.25) is 20.4 Å². The summed E-state index contributed by atoms with van der Waals surface area (Å²) in [6.45, 7) is 2.06. The van der Waals surface area contributed by atoms with Gasteiger partial charge in [0, 0.05) is 11.5 Å². The lowest BCUT2D eigenvalue weighted by Crippen LogP contribution is -2.44. The van der Waals surface area contributed by atoms with E-state index < -0.39 is 0 Å². The molecule has 2 N–H and O–H groups in total. The van der Waals surface area contributed by atoms with Crippen LogP contribution in [-0.2, 0) is 11.2 Å². The van der Waals surface area contributed by atoms with Gasteiger partial charge in [0.2, 0.25) is 5.91 Å². The van der Waals surface area contributed by atoms with E-state index in [0.29, 0.717) is 5.56 Å². The summed E-state index contributed by atoms with van der Waals surface area (Å²) in [5, 5.41) is 0. The van der Waals surface area contributed by atoms with Crippen molar-refractivity contribution in [2.75, 3.05) is 0 Å². The lowest BCUT2D eigenvalue weighted by atomic mass is 9.94. The van der Waals surface area contributed by atoms with Crippen LogP contribution in [0.2, 0.25) is 0 Å². The monoisotopic (exact) mass is 272 g/mol. The molecule has 0 saturated heterocycles. The van der Waals surface area contributed by atoms with Crippen molar-refractivity contribution in [3.63, 3.8) is 0 Å². The molecule has 1 aliphatic rings. The molecule has 1 aromatic carbocycles. The average molecular weight is 272 g/mol. The third-order valence-electron chi connectivity index (χ3n) is 3.56. The van der Waals surface area contributed by atoms with Crippen molar-refractivity contribution in [1.82, 2.24) is 10.9 Å². The number of rotatable bonds is 3.